The lowest BCUT2D eigenvalue weighted by Gasteiger charge is -2.07. The van der Waals surface area contributed by atoms with Gasteiger partial charge in [0.25, 0.3) is 0 Å². The summed E-state index contributed by atoms with van der Waals surface area (Å²) in [4.78, 5) is 6.00. The highest BCUT2D eigenvalue weighted by atomic mass is 32.1. The highest BCUT2D eigenvalue weighted by Crippen LogP contribution is 2.23. The van der Waals surface area contributed by atoms with Crippen molar-refractivity contribution in [1.82, 2.24) is 25.2 Å². The van der Waals surface area contributed by atoms with Crippen LogP contribution in [0.2, 0.25) is 0 Å². The quantitative estimate of drug-likeness (QED) is 0.687. The summed E-state index contributed by atoms with van der Waals surface area (Å²) in [5.41, 5.74) is 2.98. The predicted octanol–water partition coefficient (Wildman–Crippen LogP) is 3.39. The maximum Gasteiger partial charge on any atom is 0.172 e. The van der Waals surface area contributed by atoms with E-state index in [9.17, 15) is 0 Å². The molecule has 7 heteroatoms. The average Bonchev–Trinajstić information content (AvgIpc) is 3.20. The SMILES string of the molecule is COc1ccc(-n2nnc(C)n2)cc1/C=C/CCc1csc(C)n1. The van der Waals surface area contributed by atoms with Gasteiger partial charge in [0.1, 0.15) is 5.75 Å². The zero-order valence-corrected chi connectivity index (χ0v) is 14.7. The number of allylic oxidation sites excluding steroid dienone is 1. The third-order valence-corrected chi connectivity index (χ3v) is 4.31. The second-order valence-corrected chi connectivity index (χ2v) is 6.41. The molecular formula is C17H19N5OS. The third-order valence-electron chi connectivity index (χ3n) is 3.49. The Kier molecular flexibility index (Phi) is 5.00. The first-order valence-electron chi connectivity index (χ1n) is 7.68. The number of benzene rings is 1. The molecule has 1 aromatic carbocycles. The molecule has 0 N–H and O–H groups in total. The molecule has 0 fully saturated rings. The molecule has 2 heterocycles. The summed E-state index contributed by atoms with van der Waals surface area (Å²) in [6.07, 6.45) is 6.06. The number of aryl methyl sites for hydroxylation is 3. The van der Waals surface area contributed by atoms with Crippen molar-refractivity contribution < 1.29 is 4.74 Å². The van der Waals surface area contributed by atoms with Crippen LogP contribution in [0.25, 0.3) is 11.8 Å². The van der Waals surface area contributed by atoms with Crippen LogP contribution in [0.3, 0.4) is 0 Å². The minimum Gasteiger partial charge on any atom is -0.496 e. The second kappa shape index (κ2) is 7.35. The number of rotatable bonds is 6. The van der Waals surface area contributed by atoms with Crippen LogP contribution in [0.15, 0.2) is 29.7 Å². The minimum atomic E-state index is 0.640. The molecule has 0 unspecified atom stereocenters. The Morgan fingerprint density at radius 2 is 2.17 bits per heavy atom. The molecule has 0 saturated heterocycles. The van der Waals surface area contributed by atoms with Gasteiger partial charge >= 0.3 is 0 Å². The van der Waals surface area contributed by atoms with E-state index in [2.05, 4.69) is 37.9 Å². The Hall–Kier alpha value is -2.54. The Bertz CT molecular complexity index is 852. The van der Waals surface area contributed by atoms with E-state index in [1.165, 1.54) is 4.80 Å². The van der Waals surface area contributed by atoms with Gasteiger partial charge in [-0.15, -0.1) is 26.3 Å². The van der Waals surface area contributed by atoms with Crippen LogP contribution in [-0.2, 0) is 6.42 Å². The van der Waals surface area contributed by atoms with E-state index in [4.69, 9.17) is 4.74 Å². The van der Waals surface area contributed by atoms with Crippen molar-refractivity contribution in [1.29, 1.82) is 0 Å². The van der Waals surface area contributed by atoms with E-state index in [-0.39, 0.29) is 0 Å². The normalized spacial score (nSPS) is 11.3. The molecule has 0 radical (unpaired) electrons. The van der Waals surface area contributed by atoms with E-state index in [1.807, 2.05) is 32.0 Å². The third kappa shape index (κ3) is 3.86. The lowest BCUT2D eigenvalue weighted by Crippen LogP contribution is -2.00. The van der Waals surface area contributed by atoms with Crippen LogP contribution in [0.1, 0.15) is 28.5 Å². The summed E-state index contributed by atoms with van der Waals surface area (Å²) in [5.74, 6) is 1.46. The molecule has 0 amide bonds. The fourth-order valence-corrected chi connectivity index (χ4v) is 2.98. The van der Waals surface area contributed by atoms with Gasteiger partial charge in [0, 0.05) is 10.9 Å². The highest BCUT2D eigenvalue weighted by Gasteiger charge is 2.06. The Morgan fingerprint density at radius 3 is 2.83 bits per heavy atom. The van der Waals surface area contributed by atoms with Crippen molar-refractivity contribution in [2.75, 3.05) is 7.11 Å². The number of hydrogen-bond acceptors (Lipinski definition) is 6. The van der Waals surface area contributed by atoms with Crippen LogP contribution >= 0.6 is 11.3 Å². The Labute approximate surface area is 144 Å². The molecule has 3 rings (SSSR count). The first-order valence-corrected chi connectivity index (χ1v) is 8.56. The van der Waals surface area contributed by atoms with Crippen molar-refractivity contribution in [2.45, 2.75) is 26.7 Å². The average molecular weight is 341 g/mol. The number of ether oxygens (including phenoxy) is 1. The van der Waals surface area contributed by atoms with Gasteiger partial charge < -0.3 is 4.74 Å². The molecule has 0 bridgehead atoms. The molecule has 0 aliphatic carbocycles. The molecule has 124 valence electrons. The summed E-state index contributed by atoms with van der Waals surface area (Å²) in [6, 6.07) is 5.82. The summed E-state index contributed by atoms with van der Waals surface area (Å²) in [5, 5.41) is 15.4. The van der Waals surface area contributed by atoms with Gasteiger partial charge in [-0.3, -0.25) is 0 Å². The number of tetrazole rings is 1. The first kappa shape index (κ1) is 16.3. The van der Waals surface area contributed by atoms with Gasteiger partial charge in [-0.25, -0.2) is 4.98 Å². The van der Waals surface area contributed by atoms with Crippen molar-refractivity contribution >= 4 is 17.4 Å². The van der Waals surface area contributed by atoms with Gasteiger partial charge in [0.2, 0.25) is 0 Å². The van der Waals surface area contributed by atoms with Crippen LogP contribution in [0.5, 0.6) is 5.75 Å². The molecule has 0 aliphatic rings. The molecule has 24 heavy (non-hydrogen) atoms. The molecule has 2 aromatic heterocycles. The monoisotopic (exact) mass is 341 g/mol. The molecule has 0 atom stereocenters. The lowest BCUT2D eigenvalue weighted by atomic mass is 10.1. The molecule has 0 aliphatic heterocycles. The highest BCUT2D eigenvalue weighted by molar-refractivity contribution is 7.09. The van der Waals surface area contributed by atoms with E-state index in [0.717, 1.165) is 40.5 Å². The first-order chi connectivity index (χ1) is 11.7. The Balaban J connectivity index is 1.74. The van der Waals surface area contributed by atoms with Crippen LogP contribution in [0.4, 0.5) is 0 Å². The van der Waals surface area contributed by atoms with Crippen molar-refractivity contribution in [2.24, 2.45) is 0 Å². The summed E-state index contributed by atoms with van der Waals surface area (Å²) >= 11 is 1.69. The zero-order chi connectivity index (χ0) is 16.9. The number of aromatic nitrogens is 5. The van der Waals surface area contributed by atoms with Crippen molar-refractivity contribution in [3.8, 4) is 11.4 Å². The summed E-state index contributed by atoms with van der Waals surface area (Å²) in [6.45, 7) is 3.84. The lowest BCUT2D eigenvalue weighted by molar-refractivity contribution is 0.413. The maximum absolute atomic E-state index is 5.43. The van der Waals surface area contributed by atoms with Crippen molar-refractivity contribution in [3.63, 3.8) is 0 Å². The fraction of sp³-hybridized carbons (Fsp3) is 0.294. The van der Waals surface area contributed by atoms with Gasteiger partial charge in [0.15, 0.2) is 5.82 Å². The second-order valence-electron chi connectivity index (χ2n) is 5.35. The number of nitrogens with zero attached hydrogens (tertiary/aromatic N) is 5. The standard InChI is InChI=1S/C17H19N5OS/c1-12-19-21-22(20-12)16-8-9-17(23-3)14(10-16)6-4-5-7-15-11-24-13(2)18-15/h4,6,8-11H,5,7H2,1-3H3/b6-4+. The van der Waals surface area contributed by atoms with E-state index < -0.39 is 0 Å². The van der Waals surface area contributed by atoms with E-state index in [1.54, 1.807) is 18.4 Å². The summed E-state index contributed by atoms with van der Waals surface area (Å²) < 4.78 is 5.43. The zero-order valence-electron chi connectivity index (χ0n) is 13.9. The number of methoxy groups -OCH3 is 1. The molecule has 0 saturated carbocycles. The molecule has 0 spiro atoms. The number of hydrogen-bond donors (Lipinski definition) is 0. The summed E-state index contributed by atoms with van der Waals surface area (Å²) in [7, 11) is 1.67. The molecule has 6 nitrogen and oxygen atoms in total. The topological polar surface area (TPSA) is 65.7 Å². The smallest absolute Gasteiger partial charge is 0.172 e. The predicted molar refractivity (Wildman–Crippen MR) is 94.6 cm³/mol. The van der Waals surface area contributed by atoms with Crippen LogP contribution in [-0.4, -0.2) is 32.3 Å². The van der Waals surface area contributed by atoms with E-state index in [0.29, 0.717) is 5.82 Å². The largest absolute Gasteiger partial charge is 0.496 e. The van der Waals surface area contributed by atoms with Gasteiger partial charge in [0.05, 0.1) is 23.5 Å². The Morgan fingerprint density at radius 1 is 1.29 bits per heavy atom. The van der Waals surface area contributed by atoms with Crippen LogP contribution in [0, 0.1) is 13.8 Å². The van der Waals surface area contributed by atoms with E-state index >= 15 is 0 Å². The van der Waals surface area contributed by atoms with Gasteiger partial charge in [-0.2, -0.15) is 0 Å². The van der Waals surface area contributed by atoms with Gasteiger partial charge in [-0.05, 0) is 50.1 Å². The van der Waals surface area contributed by atoms with Gasteiger partial charge in [-0.1, -0.05) is 12.2 Å². The van der Waals surface area contributed by atoms with Crippen LogP contribution < -0.4 is 4.74 Å². The minimum absolute atomic E-state index is 0.640. The number of thiazole rings is 1. The molecular weight excluding hydrogens is 322 g/mol. The fourth-order valence-electron chi connectivity index (χ4n) is 2.33. The maximum atomic E-state index is 5.43. The molecule has 3 aromatic rings. The van der Waals surface area contributed by atoms with Crippen molar-refractivity contribution in [3.05, 3.63) is 51.7 Å².